The van der Waals surface area contributed by atoms with E-state index < -0.39 is 0 Å². The Morgan fingerprint density at radius 2 is 2.08 bits per heavy atom. The predicted molar refractivity (Wildman–Crippen MR) is 94.5 cm³/mol. The van der Waals surface area contributed by atoms with E-state index in [0.29, 0.717) is 24.6 Å². The molecule has 0 aliphatic carbocycles. The first-order valence-electron chi connectivity index (χ1n) is 8.54. The summed E-state index contributed by atoms with van der Waals surface area (Å²) in [6, 6.07) is 3.65. The molecule has 2 bridgehead atoms. The molecule has 6 nitrogen and oxygen atoms in total. The van der Waals surface area contributed by atoms with Crippen molar-refractivity contribution in [3.8, 4) is 0 Å². The molecule has 2 aromatic heterocycles. The van der Waals surface area contributed by atoms with Gasteiger partial charge in [0.1, 0.15) is 4.88 Å². The van der Waals surface area contributed by atoms with Crippen molar-refractivity contribution in [2.24, 2.45) is 5.92 Å². The fourth-order valence-electron chi connectivity index (χ4n) is 3.81. The fourth-order valence-corrected chi connectivity index (χ4v) is 4.56. The molecule has 3 fully saturated rings. The first-order valence-corrected chi connectivity index (χ1v) is 9.42. The van der Waals surface area contributed by atoms with Gasteiger partial charge in [0.05, 0.1) is 16.8 Å². The number of aromatic nitrogens is 2. The van der Waals surface area contributed by atoms with Gasteiger partial charge in [0.2, 0.25) is 0 Å². The van der Waals surface area contributed by atoms with Crippen molar-refractivity contribution in [1.82, 2.24) is 19.8 Å². The number of amides is 2. The standard InChI is InChI=1S/C18H20N4O2S/c1-12-16(25-11-20-12)18(24)22-9-13-4-5-15(22)10-21(8-13)17(23)14-3-2-6-19-7-14/h2-3,6-7,11,13,15H,4-5,8-10H2,1H3. The largest absolute Gasteiger partial charge is 0.336 e. The van der Waals surface area contributed by atoms with Gasteiger partial charge in [0.25, 0.3) is 11.8 Å². The molecule has 0 N–H and O–H groups in total. The van der Waals surface area contributed by atoms with Crippen molar-refractivity contribution in [1.29, 1.82) is 0 Å². The van der Waals surface area contributed by atoms with Crippen molar-refractivity contribution < 1.29 is 9.59 Å². The van der Waals surface area contributed by atoms with Gasteiger partial charge >= 0.3 is 0 Å². The van der Waals surface area contributed by atoms with Gasteiger partial charge in [-0.2, -0.15) is 0 Å². The minimum atomic E-state index is 0.00766. The molecule has 7 heteroatoms. The van der Waals surface area contributed by atoms with Gasteiger partial charge in [-0.15, -0.1) is 11.3 Å². The first-order chi connectivity index (χ1) is 12.1. The Bertz CT molecular complexity index is 791. The van der Waals surface area contributed by atoms with Gasteiger partial charge in [0.15, 0.2) is 0 Å². The van der Waals surface area contributed by atoms with Gasteiger partial charge in [-0.3, -0.25) is 14.6 Å². The number of hydrogen-bond donors (Lipinski definition) is 0. The Balaban J connectivity index is 1.56. The van der Waals surface area contributed by atoms with E-state index in [-0.39, 0.29) is 17.9 Å². The molecule has 2 atom stereocenters. The number of hydrogen-bond acceptors (Lipinski definition) is 5. The summed E-state index contributed by atoms with van der Waals surface area (Å²) in [6.07, 6.45) is 5.29. The number of aryl methyl sites for hydroxylation is 1. The van der Waals surface area contributed by atoms with Crippen LogP contribution in [0.2, 0.25) is 0 Å². The van der Waals surface area contributed by atoms with Crippen molar-refractivity contribution in [3.05, 3.63) is 46.2 Å². The van der Waals surface area contributed by atoms with Crippen LogP contribution in [-0.4, -0.2) is 57.3 Å². The van der Waals surface area contributed by atoms with Crippen LogP contribution in [0.5, 0.6) is 0 Å². The molecule has 3 aliphatic rings. The number of rotatable bonds is 2. The molecular formula is C18H20N4O2S. The molecule has 25 heavy (non-hydrogen) atoms. The summed E-state index contributed by atoms with van der Waals surface area (Å²) in [7, 11) is 0. The molecule has 5 rings (SSSR count). The zero-order chi connectivity index (χ0) is 17.4. The monoisotopic (exact) mass is 356 g/mol. The highest BCUT2D eigenvalue weighted by molar-refractivity contribution is 7.11. The van der Waals surface area contributed by atoms with Gasteiger partial charge in [-0.05, 0) is 37.8 Å². The number of nitrogens with zero attached hydrogens (tertiary/aromatic N) is 4. The molecule has 3 saturated heterocycles. The van der Waals surface area contributed by atoms with E-state index in [1.807, 2.05) is 16.7 Å². The van der Waals surface area contributed by atoms with Crippen LogP contribution in [0.1, 0.15) is 38.6 Å². The predicted octanol–water partition coefficient (Wildman–Crippen LogP) is 2.22. The highest BCUT2D eigenvalue weighted by Gasteiger charge is 2.39. The minimum absolute atomic E-state index is 0.00766. The van der Waals surface area contributed by atoms with Crippen LogP contribution in [-0.2, 0) is 0 Å². The molecule has 0 saturated carbocycles. The van der Waals surface area contributed by atoms with Crippen LogP contribution in [0.15, 0.2) is 30.0 Å². The third-order valence-electron chi connectivity index (χ3n) is 5.11. The minimum Gasteiger partial charge on any atom is -0.336 e. The fraction of sp³-hybridized carbons (Fsp3) is 0.444. The number of thiazole rings is 1. The lowest BCUT2D eigenvalue weighted by atomic mass is 9.95. The van der Waals surface area contributed by atoms with E-state index in [2.05, 4.69) is 9.97 Å². The molecule has 0 radical (unpaired) electrons. The molecule has 2 amide bonds. The molecule has 0 spiro atoms. The van der Waals surface area contributed by atoms with Crippen LogP contribution in [0, 0.1) is 12.8 Å². The van der Waals surface area contributed by atoms with Gasteiger partial charge in [0, 0.05) is 38.1 Å². The summed E-state index contributed by atoms with van der Waals surface area (Å²) in [5, 5.41) is 0. The average Bonchev–Trinajstić information content (AvgIpc) is 2.87. The molecule has 3 aliphatic heterocycles. The van der Waals surface area contributed by atoms with Crippen LogP contribution in [0.4, 0.5) is 0 Å². The van der Waals surface area contributed by atoms with E-state index in [9.17, 15) is 9.59 Å². The summed E-state index contributed by atoms with van der Waals surface area (Å²) in [5.41, 5.74) is 3.12. The van der Waals surface area contributed by atoms with Gasteiger partial charge < -0.3 is 9.80 Å². The molecule has 5 heterocycles. The second-order valence-electron chi connectivity index (χ2n) is 6.77. The van der Waals surface area contributed by atoms with Crippen molar-refractivity contribution in [3.63, 3.8) is 0 Å². The van der Waals surface area contributed by atoms with E-state index in [1.165, 1.54) is 11.3 Å². The molecule has 0 aromatic carbocycles. The van der Waals surface area contributed by atoms with E-state index in [0.717, 1.165) is 30.0 Å². The molecule has 130 valence electrons. The van der Waals surface area contributed by atoms with Crippen molar-refractivity contribution >= 4 is 23.2 Å². The summed E-state index contributed by atoms with van der Waals surface area (Å²) in [5.74, 6) is 0.398. The van der Waals surface area contributed by atoms with Crippen LogP contribution < -0.4 is 0 Å². The van der Waals surface area contributed by atoms with Crippen molar-refractivity contribution in [2.75, 3.05) is 19.6 Å². The zero-order valence-electron chi connectivity index (χ0n) is 14.1. The number of carbonyl (C=O) groups excluding carboxylic acids is 2. The van der Waals surface area contributed by atoms with Crippen molar-refractivity contribution in [2.45, 2.75) is 25.8 Å². The summed E-state index contributed by atoms with van der Waals surface area (Å²) in [6.45, 7) is 3.89. The lowest BCUT2D eigenvalue weighted by molar-refractivity contribution is 0.0578. The third-order valence-corrected chi connectivity index (χ3v) is 6.03. The maximum Gasteiger partial charge on any atom is 0.266 e. The third kappa shape index (κ3) is 3.04. The Labute approximate surface area is 150 Å². The van der Waals surface area contributed by atoms with E-state index in [4.69, 9.17) is 0 Å². The Kier molecular flexibility index (Phi) is 4.25. The Hall–Kier alpha value is -2.28. The smallest absolute Gasteiger partial charge is 0.266 e. The van der Waals surface area contributed by atoms with Gasteiger partial charge in [-0.1, -0.05) is 0 Å². The summed E-state index contributed by atoms with van der Waals surface area (Å²) in [4.78, 5) is 38.6. The van der Waals surface area contributed by atoms with E-state index in [1.54, 1.807) is 30.0 Å². The SMILES string of the molecule is Cc1ncsc1C(=O)N1CC2CCC1CN(C(=O)c1cccnc1)C2. The second-order valence-corrected chi connectivity index (χ2v) is 7.63. The molecular weight excluding hydrogens is 336 g/mol. The van der Waals surface area contributed by atoms with Crippen LogP contribution >= 0.6 is 11.3 Å². The topological polar surface area (TPSA) is 66.4 Å². The first kappa shape index (κ1) is 16.2. The van der Waals surface area contributed by atoms with Gasteiger partial charge in [-0.25, -0.2) is 4.98 Å². The Morgan fingerprint density at radius 3 is 2.80 bits per heavy atom. The summed E-state index contributed by atoms with van der Waals surface area (Å²) < 4.78 is 0. The number of fused-ring (bicyclic) bond motifs is 4. The number of pyridine rings is 1. The number of piperidine rings is 1. The molecule has 2 unspecified atom stereocenters. The van der Waals surface area contributed by atoms with Crippen LogP contribution in [0.25, 0.3) is 0 Å². The lowest BCUT2D eigenvalue weighted by Crippen LogP contribution is -2.47. The van der Waals surface area contributed by atoms with E-state index >= 15 is 0 Å². The highest BCUT2D eigenvalue weighted by atomic mass is 32.1. The normalized spacial score (nSPS) is 22.8. The quantitative estimate of drug-likeness (QED) is 0.828. The lowest BCUT2D eigenvalue weighted by Gasteiger charge is -2.35. The highest BCUT2D eigenvalue weighted by Crippen LogP contribution is 2.31. The maximum absolute atomic E-state index is 13.0. The number of carbonyl (C=O) groups is 2. The van der Waals surface area contributed by atoms with Crippen LogP contribution in [0.3, 0.4) is 0 Å². The zero-order valence-corrected chi connectivity index (χ0v) is 14.9. The second kappa shape index (κ2) is 6.55. The molecule has 2 aromatic rings. The summed E-state index contributed by atoms with van der Waals surface area (Å²) >= 11 is 1.40. The Morgan fingerprint density at radius 1 is 1.20 bits per heavy atom. The maximum atomic E-state index is 13.0. The average molecular weight is 356 g/mol.